The number of anilines is 1. The van der Waals surface area contributed by atoms with Gasteiger partial charge in [-0.25, -0.2) is 4.79 Å². The van der Waals surface area contributed by atoms with Crippen molar-refractivity contribution in [1.82, 2.24) is 4.37 Å². The van der Waals surface area contributed by atoms with E-state index in [1.807, 2.05) is 27.7 Å². The predicted octanol–water partition coefficient (Wildman–Crippen LogP) is 2.69. The number of hydrogen-bond acceptors (Lipinski definition) is 5. The number of esters is 1. The molecule has 0 radical (unpaired) electrons. The molecule has 5 heteroatoms. The highest BCUT2D eigenvalue weighted by molar-refractivity contribution is 7.10. The largest absolute Gasteiger partial charge is 0.459 e. The van der Waals surface area contributed by atoms with Gasteiger partial charge in [-0.3, -0.25) is 0 Å². The summed E-state index contributed by atoms with van der Waals surface area (Å²) in [4.78, 5) is 11.9. The summed E-state index contributed by atoms with van der Waals surface area (Å²) < 4.78 is 9.51. The summed E-state index contributed by atoms with van der Waals surface area (Å²) in [5.74, 6) is 0.0192. The maximum atomic E-state index is 11.9. The molecule has 1 heterocycles. The molecule has 0 aliphatic rings. The highest BCUT2D eigenvalue weighted by Gasteiger charge is 2.22. The molecular formula is C11H18N2O2S. The summed E-state index contributed by atoms with van der Waals surface area (Å²) in [6.07, 6.45) is -0.0866. The van der Waals surface area contributed by atoms with Gasteiger partial charge in [-0.2, -0.15) is 4.37 Å². The summed E-state index contributed by atoms with van der Waals surface area (Å²) in [7, 11) is 1.77. The topological polar surface area (TPSA) is 51.2 Å². The maximum Gasteiger partial charge on any atom is 0.343 e. The van der Waals surface area contributed by atoms with Crippen molar-refractivity contribution in [3.8, 4) is 0 Å². The van der Waals surface area contributed by atoms with Gasteiger partial charge < -0.3 is 10.1 Å². The number of ether oxygens (including phenoxy) is 1. The Kier molecular flexibility index (Phi) is 4.29. The van der Waals surface area contributed by atoms with Crippen LogP contribution in [0.4, 0.5) is 5.00 Å². The van der Waals surface area contributed by atoms with E-state index in [0.717, 1.165) is 10.7 Å². The summed E-state index contributed by atoms with van der Waals surface area (Å²) >= 11 is 1.28. The number of aryl methyl sites for hydroxylation is 1. The molecule has 0 bridgehead atoms. The van der Waals surface area contributed by atoms with Gasteiger partial charge in [0.1, 0.15) is 16.7 Å². The van der Waals surface area contributed by atoms with Gasteiger partial charge in [0.25, 0.3) is 0 Å². The maximum absolute atomic E-state index is 11.9. The molecule has 1 unspecified atom stereocenters. The Morgan fingerprint density at radius 1 is 1.44 bits per heavy atom. The standard InChI is InChI=1S/C11H18N2O2S/c1-6(2)8(4)15-11(14)9-7(3)13-16-10(9)12-5/h6,8,12H,1-5H3. The Bertz CT molecular complexity index is 374. The van der Waals surface area contributed by atoms with Crippen LogP contribution >= 0.6 is 11.5 Å². The molecule has 1 aromatic rings. The van der Waals surface area contributed by atoms with Crippen LogP contribution in [0.1, 0.15) is 36.8 Å². The molecule has 0 saturated carbocycles. The normalized spacial score (nSPS) is 12.6. The molecule has 0 amide bonds. The van der Waals surface area contributed by atoms with Crippen LogP contribution in [-0.2, 0) is 4.74 Å². The minimum atomic E-state index is -0.295. The molecule has 1 atom stereocenters. The van der Waals surface area contributed by atoms with Crippen molar-refractivity contribution in [2.45, 2.75) is 33.8 Å². The summed E-state index contributed by atoms with van der Waals surface area (Å²) in [6, 6.07) is 0. The minimum Gasteiger partial charge on any atom is -0.459 e. The van der Waals surface area contributed by atoms with E-state index in [1.54, 1.807) is 7.05 Å². The average Bonchev–Trinajstić information content (AvgIpc) is 2.59. The third-order valence-electron chi connectivity index (χ3n) is 2.53. The third kappa shape index (κ3) is 2.72. The highest BCUT2D eigenvalue weighted by atomic mass is 32.1. The Morgan fingerprint density at radius 3 is 2.56 bits per heavy atom. The van der Waals surface area contributed by atoms with E-state index in [9.17, 15) is 4.79 Å². The lowest BCUT2D eigenvalue weighted by Gasteiger charge is -2.16. The van der Waals surface area contributed by atoms with Crippen molar-refractivity contribution in [2.24, 2.45) is 5.92 Å². The molecule has 0 fully saturated rings. The number of carbonyl (C=O) groups is 1. The second kappa shape index (κ2) is 5.30. The summed E-state index contributed by atoms with van der Waals surface area (Å²) in [5.41, 5.74) is 1.27. The van der Waals surface area contributed by atoms with E-state index in [4.69, 9.17) is 4.74 Å². The van der Waals surface area contributed by atoms with Crippen LogP contribution in [0.3, 0.4) is 0 Å². The van der Waals surface area contributed by atoms with E-state index < -0.39 is 0 Å². The first kappa shape index (κ1) is 13.0. The van der Waals surface area contributed by atoms with E-state index in [2.05, 4.69) is 9.69 Å². The molecule has 0 saturated heterocycles. The molecule has 1 rings (SSSR count). The fourth-order valence-electron chi connectivity index (χ4n) is 1.14. The first-order valence-electron chi connectivity index (χ1n) is 5.32. The number of aromatic nitrogens is 1. The van der Waals surface area contributed by atoms with Crippen molar-refractivity contribution in [2.75, 3.05) is 12.4 Å². The number of carbonyl (C=O) groups excluding carboxylic acids is 1. The predicted molar refractivity (Wildman–Crippen MR) is 66.1 cm³/mol. The third-order valence-corrected chi connectivity index (χ3v) is 3.48. The van der Waals surface area contributed by atoms with Crippen LogP contribution in [0.15, 0.2) is 0 Å². The molecule has 0 aromatic carbocycles. The highest BCUT2D eigenvalue weighted by Crippen LogP contribution is 2.25. The molecule has 16 heavy (non-hydrogen) atoms. The van der Waals surface area contributed by atoms with Gasteiger partial charge >= 0.3 is 5.97 Å². The van der Waals surface area contributed by atoms with Gasteiger partial charge in [0.05, 0.1) is 5.69 Å². The number of nitrogens with zero attached hydrogens (tertiary/aromatic N) is 1. The average molecular weight is 242 g/mol. The van der Waals surface area contributed by atoms with Crippen LogP contribution in [0, 0.1) is 12.8 Å². The van der Waals surface area contributed by atoms with E-state index in [-0.39, 0.29) is 12.1 Å². The zero-order valence-electron chi connectivity index (χ0n) is 10.3. The van der Waals surface area contributed by atoms with Crippen molar-refractivity contribution < 1.29 is 9.53 Å². The van der Waals surface area contributed by atoms with Crippen LogP contribution < -0.4 is 5.32 Å². The number of rotatable bonds is 4. The fraction of sp³-hybridized carbons (Fsp3) is 0.636. The summed E-state index contributed by atoms with van der Waals surface area (Å²) in [5, 5.41) is 3.72. The second-order valence-corrected chi connectivity index (χ2v) is 4.85. The Morgan fingerprint density at radius 2 is 2.06 bits per heavy atom. The molecule has 0 spiro atoms. The lowest BCUT2D eigenvalue weighted by molar-refractivity contribution is 0.0238. The van der Waals surface area contributed by atoms with Crippen molar-refractivity contribution in [1.29, 1.82) is 0 Å². The quantitative estimate of drug-likeness (QED) is 0.825. The van der Waals surface area contributed by atoms with Crippen LogP contribution in [0.25, 0.3) is 0 Å². The van der Waals surface area contributed by atoms with Crippen molar-refractivity contribution >= 4 is 22.5 Å². The lowest BCUT2D eigenvalue weighted by atomic mass is 10.1. The number of hydrogen-bond donors (Lipinski definition) is 1. The molecular weight excluding hydrogens is 224 g/mol. The lowest BCUT2D eigenvalue weighted by Crippen LogP contribution is -2.20. The fourth-order valence-corrected chi connectivity index (χ4v) is 1.88. The number of nitrogens with one attached hydrogen (secondary N) is 1. The van der Waals surface area contributed by atoms with Gasteiger partial charge in [-0.05, 0) is 31.3 Å². The first-order valence-corrected chi connectivity index (χ1v) is 6.09. The second-order valence-electron chi connectivity index (χ2n) is 4.08. The van der Waals surface area contributed by atoms with E-state index in [1.165, 1.54) is 11.5 Å². The molecule has 0 aliphatic carbocycles. The van der Waals surface area contributed by atoms with Crippen molar-refractivity contribution in [3.63, 3.8) is 0 Å². The van der Waals surface area contributed by atoms with Gasteiger partial charge in [0.15, 0.2) is 0 Å². The summed E-state index contributed by atoms with van der Waals surface area (Å²) in [6.45, 7) is 7.76. The molecule has 90 valence electrons. The smallest absolute Gasteiger partial charge is 0.343 e. The molecule has 4 nitrogen and oxygen atoms in total. The van der Waals surface area contributed by atoms with Gasteiger partial charge in [0.2, 0.25) is 0 Å². The van der Waals surface area contributed by atoms with E-state index in [0.29, 0.717) is 11.5 Å². The zero-order valence-corrected chi connectivity index (χ0v) is 11.1. The molecule has 1 N–H and O–H groups in total. The van der Waals surface area contributed by atoms with Crippen molar-refractivity contribution in [3.05, 3.63) is 11.3 Å². The Labute approximate surface area is 100 Å². The minimum absolute atomic E-state index is 0.0866. The van der Waals surface area contributed by atoms with Crippen LogP contribution in [-0.4, -0.2) is 23.5 Å². The molecule has 0 aliphatic heterocycles. The Balaban J connectivity index is 2.84. The van der Waals surface area contributed by atoms with Crippen LogP contribution in [0.2, 0.25) is 0 Å². The first-order chi connectivity index (χ1) is 7.47. The van der Waals surface area contributed by atoms with Gasteiger partial charge in [0, 0.05) is 7.05 Å². The Hall–Kier alpha value is -1.10. The van der Waals surface area contributed by atoms with E-state index >= 15 is 0 Å². The monoisotopic (exact) mass is 242 g/mol. The van der Waals surface area contributed by atoms with Gasteiger partial charge in [-0.15, -0.1) is 0 Å². The zero-order chi connectivity index (χ0) is 12.3. The van der Waals surface area contributed by atoms with Gasteiger partial charge in [-0.1, -0.05) is 13.8 Å². The van der Waals surface area contributed by atoms with Crippen LogP contribution in [0.5, 0.6) is 0 Å². The molecule has 1 aromatic heterocycles. The SMILES string of the molecule is CNc1snc(C)c1C(=O)OC(C)C(C)C.